The maximum absolute atomic E-state index is 11.6. The van der Waals surface area contributed by atoms with Gasteiger partial charge in [0.25, 0.3) is 0 Å². The molecule has 0 radical (unpaired) electrons. The average molecular weight is 451 g/mol. The van der Waals surface area contributed by atoms with E-state index in [0.29, 0.717) is 72.5 Å². The second-order valence-electron chi connectivity index (χ2n) is 8.15. The lowest BCUT2D eigenvalue weighted by Crippen LogP contribution is -2.27. The standard InChI is InChI=1S/C22H46O7Si/c1-5-6-7-8-9-10-11-22(23)28-20-18-26-16-14-24-12-13-25-15-17-27-19-21-29-30(2,3)4/h5-21H2,1-4H3. The zero-order chi connectivity index (χ0) is 22.3. The second-order valence-corrected chi connectivity index (χ2v) is 12.7. The van der Waals surface area contributed by atoms with Crippen molar-refractivity contribution in [2.24, 2.45) is 0 Å². The molecule has 0 aliphatic rings. The Hall–Kier alpha value is -0.513. The van der Waals surface area contributed by atoms with Gasteiger partial charge in [-0.05, 0) is 26.1 Å². The molecule has 7 nitrogen and oxygen atoms in total. The molecule has 0 amide bonds. The van der Waals surface area contributed by atoms with Gasteiger partial charge >= 0.3 is 5.97 Å². The summed E-state index contributed by atoms with van der Waals surface area (Å²) >= 11 is 0. The van der Waals surface area contributed by atoms with Crippen LogP contribution < -0.4 is 0 Å². The smallest absolute Gasteiger partial charge is 0.305 e. The van der Waals surface area contributed by atoms with Gasteiger partial charge < -0.3 is 28.1 Å². The molecule has 8 heteroatoms. The Balaban J connectivity index is 3.15. The van der Waals surface area contributed by atoms with Crippen molar-refractivity contribution in [3.8, 4) is 0 Å². The topological polar surface area (TPSA) is 72.5 Å². The molecule has 180 valence electrons. The minimum absolute atomic E-state index is 0.130. The highest BCUT2D eigenvalue weighted by Crippen LogP contribution is 2.07. The number of carbonyl (C=O) groups excluding carboxylic acids is 1. The molecule has 0 aliphatic carbocycles. The van der Waals surface area contributed by atoms with Gasteiger partial charge in [0.05, 0.1) is 59.5 Å². The van der Waals surface area contributed by atoms with Crippen LogP contribution in [0.25, 0.3) is 0 Å². The molecular formula is C22H46O7Si. The van der Waals surface area contributed by atoms with Crippen molar-refractivity contribution in [1.82, 2.24) is 0 Å². The molecule has 0 fully saturated rings. The minimum Gasteiger partial charge on any atom is -0.463 e. The molecule has 0 heterocycles. The zero-order valence-electron chi connectivity index (χ0n) is 19.9. The lowest BCUT2D eigenvalue weighted by atomic mass is 10.1. The first kappa shape index (κ1) is 29.5. The third-order valence-corrected chi connectivity index (χ3v) is 5.17. The Morgan fingerprint density at radius 1 is 0.600 bits per heavy atom. The molecule has 0 aromatic heterocycles. The van der Waals surface area contributed by atoms with Gasteiger partial charge in [-0.1, -0.05) is 39.0 Å². The van der Waals surface area contributed by atoms with Gasteiger partial charge in [0.15, 0.2) is 8.32 Å². The molecule has 0 rings (SSSR count). The highest BCUT2D eigenvalue weighted by molar-refractivity contribution is 6.69. The number of hydrogen-bond acceptors (Lipinski definition) is 7. The van der Waals surface area contributed by atoms with Crippen molar-refractivity contribution in [2.75, 3.05) is 66.1 Å². The number of rotatable bonds is 23. The fourth-order valence-corrected chi connectivity index (χ4v) is 3.20. The average Bonchev–Trinajstić information content (AvgIpc) is 2.69. The Morgan fingerprint density at radius 2 is 1.03 bits per heavy atom. The van der Waals surface area contributed by atoms with E-state index < -0.39 is 8.32 Å². The Bertz CT molecular complexity index is 375. The highest BCUT2D eigenvalue weighted by Gasteiger charge is 2.13. The summed E-state index contributed by atoms with van der Waals surface area (Å²) in [6, 6.07) is 0. The molecule has 0 spiro atoms. The molecule has 0 saturated carbocycles. The van der Waals surface area contributed by atoms with Crippen LogP contribution in [0.4, 0.5) is 0 Å². The van der Waals surface area contributed by atoms with Crippen LogP contribution in [0.2, 0.25) is 19.6 Å². The lowest BCUT2D eigenvalue weighted by molar-refractivity contribution is -0.145. The first-order chi connectivity index (χ1) is 14.5. The maximum atomic E-state index is 11.6. The SMILES string of the molecule is CCCCCCCCC(=O)OCCOCCOCCOCCOCCO[Si](C)(C)C. The zero-order valence-corrected chi connectivity index (χ0v) is 20.9. The summed E-state index contributed by atoms with van der Waals surface area (Å²) in [6.45, 7) is 13.8. The minimum atomic E-state index is -1.44. The summed E-state index contributed by atoms with van der Waals surface area (Å²) in [5, 5.41) is 0. The van der Waals surface area contributed by atoms with E-state index in [1.54, 1.807) is 0 Å². The highest BCUT2D eigenvalue weighted by atomic mass is 28.4. The summed E-state index contributed by atoms with van der Waals surface area (Å²) in [6.07, 6.45) is 7.51. The van der Waals surface area contributed by atoms with Gasteiger partial charge in [0, 0.05) is 6.42 Å². The molecule has 0 N–H and O–H groups in total. The molecular weight excluding hydrogens is 404 g/mol. The second kappa shape index (κ2) is 21.7. The van der Waals surface area contributed by atoms with Gasteiger partial charge in [0.1, 0.15) is 6.61 Å². The summed E-state index contributed by atoms with van der Waals surface area (Å²) in [4.78, 5) is 11.6. The van der Waals surface area contributed by atoms with E-state index in [-0.39, 0.29) is 5.97 Å². The monoisotopic (exact) mass is 450 g/mol. The van der Waals surface area contributed by atoms with Crippen molar-refractivity contribution in [3.63, 3.8) is 0 Å². The molecule has 0 atom stereocenters. The predicted octanol–water partition coefficient (Wildman–Crippen LogP) is 4.20. The van der Waals surface area contributed by atoms with E-state index in [1.165, 1.54) is 25.7 Å². The molecule has 30 heavy (non-hydrogen) atoms. The number of unbranched alkanes of at least 4 members (excludes halogenated alkanes) is 5. The molecule has 0 unspecified atom stereocenters. The normalized spacial score (nSPS) is 11.7. The van der Waals surface area contributed by atoms with Gasteiger partial charge in [-0.2, -0.15) is 0 Å². The van der Waals surface area contributed by atoms with Gasteiger partial charge in [-0.15, -0.1) is 0 Å². The van der Waals surface area contributed by atoms with Crippen LogP contribution in [0, 0.1) is 0 Å². The van der Waals surface area contributed by atoms with Crippen molar-refractivity contribution in [3.05, 3.63) is 0 Å². The third-order valence-electron chi connectivity index (χ3n) is 4.10. The van der Waals surface area contributed by atoms with Crippen molar-refractivity contribution >= 4 is 14.3 Å². The summed E-state index contributed by atoms with van der Waals surface area (Å²) in [5.74, 6) is -0.130. The predicted molar refractivity (Wildman–Crippen MR) is 122 cm³/mol. The van der Waals surface area contributed by atoms with Gasteiger partial charge in [-0.25, -0.2) is 0 Å². The quantitative estimate of drug-likeness (QED) is 0.131. The summed E-state index contributed by atoms with van der Waals surface area (Å²) in [7, 11) is -1.44. The van der Waals surface area contributed by atoms with Crippen LogP contribution in [0.3, 0.4) is 0 Å². The van der Waals surface area contributed by atoms with Gasteiger partial charge in [-0.3, -0.25) is 4.79 Å². The Morgan fingerprint density at radius 3 is 1.53 bits per heavy atom. The van der Waals surface area contributed by atoms with Crippen molar-refractivity contribution in [2.45, 2.75) is 71.5 Å². The molecule has 0 saturated heterocycles. The van der Waals surface area contributed by atoms with Gasteiger partial charge in [0.2, 0.25) is 0 Å². The Labute approximate surface area is 185 Å². The number of carbonyl (C=O) groups is 1. The Kier molecular flexibility index (Phi) is 21.3. The summed E-state index contributed by atoms with van der Waals surface area (Å²) < 4.78 is 32.5. The van der Waals surface area contributed by atoms with Crippen LogP contribution in [-0.4, -0.2) is 80.4 Å². The fourth-order valence-electron chi connectivity index (χ4n) is 2.50. The van der Waals surface area contributed by atoms with E-state index in [4.69, 9.17) is 28.1 Å². The molecule has 0 aromatic rings. The number of esters is 1. The van der Waals surface area contributed by atoms with Crippen LogP contribution >= 0.6 is 0 Å². The molecule has 0 aliphatic heterocycles. The number of hydrogen-bond donors (Lipinski definition) is 0. The maximum Gasteiger partial charge on any atom is 0.305 e. The van der Waals surface area contributed by atoms with E-state index in [0.717, 1.165) is 12.8 Å². The van der Waals surface area contributed by atoms with Crippen LogP contribution in [-0.2, 0) is 32.9 Å². The van der Waals surface area contributed by atoms with Crippen LogP contribution in [0.5, 0.6) is 0 Å². The molecule has 0 bridgehead atoms. The van der Waals surface area contributed by atoms with Crippen LogP contribution in [0.1, 0.15) is 51.9 Å². The number of ether oxygens (including phenoxy) is 5. The third kappa shape index (κ3) is 25.5. The van der Waals surface area contributed by atoms with Crippen molar-refractivity contribution < 1.29 is 32.9 Å². The largest absolute Gasteiger partial charge is 0.463 e. The fraction of sp³-hybridized carbons (Fsp3) is 0.955. The summed E-state index contributed by atoms with van der Waals surface area (Å²) in [5.41, 5.74) is 0. The van der Waals surface area contributed by atoms with E-state index in [1.807, 2.05) is 0 Å². The van der Waals surface area contributed by atoms with E-state index >= 15 is 0 Å². The first-order valence-corrected chi connectivity index (χ1v) is 15.0. The van der Waals surface area contributed by atoms with E-state index in [2.05, 4.69) is 26.6 Å². The van der Waals surface area contributed by atoms with Crippen molar-refractivity contribution in [1.29, 1.82) is 0 Å². The lowest BCUT2D eigenvalue weighted by Gasteiger charge is -2.16. The first-order valence-electron chi connectivity index (χ1n) is 11.6. The van der Waals surface area contributed by atoms with Crippen LogP contribution in [0.15, 0.2) is 0 Å². The van der Waals surface area contributed by atoms with E-state index in [9.17, 15) is 4.79 Å². The molecule has 0 aromatic carbocycles.